The molecule has 4 nitrogen and oxygen atoms in total. The van der Waals surface area contributed by atoms with Gasteiger partial charge in [-0.15, -0.1) is 0 Å². The number of rotatable bonds is 3. The Bertz CT molecular complexity index is 582. The van der Waals surface area contributed by atoms with Crippen LogP contribution in [0.15, 0.2) is 30.5 Å². The third-order valence-electron chi connectivity index (χ3n) is 2.72. The van der Waals surface area contributed by atoms with Gasteiger partial charge in [-0.05, 0) is 23.1 Å². The van der Waals surface area contributed by atoms with E-state index in [1.807, 2.05) is 12.1 Å². The summed E-state index contributed by atoms with van der Waals surface area (Å²) in [5.41, 5.74) is 2.28. The molecule has 1 aromatic heterocycles. The average molecular weight is 276 g/mol. The largest absolute Gasteiger partial charge is 0.477 e. The van der Waals surface area contributed by atoms with Crippen LogP contribution in [-0.2, 0) is 5.41 Å². The maximum Gasteiger partial charge on any atom is 0.347 e. The first-order valence-corrected chi connectivity index (χ1v) is 6.74. The summed E-state index contributed by atoms with van der Waals surface area (Å²) >= 11 is 1.12. The molecule has 0 radical (unpaired) electrons. The summed E-state index contributed by atoms with van der Waals surface area (Å²) in [7, 11) is 0. The van der Waals surface area contributed by atoms with Crippen molar-refractivity contribution in [3.05, 3.63) is 40.9 Å². The number of aromatic nitrogens is 1. The zero-order valence-corrected chi connectivity index (χ0v) is 11.9. The standard InChI is InChI=1S/C14H16N2O2S/c1-14(2,3)9-4-6-10(7-5-9)16-13-15-8-11(19-13)12(17)18/h4-8H,1-3H3,(H,15,16)(H,17,18). The Balaban J connectivity index is 2.13. The van der Waals surface area contributed by atoms with Crippen LogP contribution in [0, 0.1) is 0 Å². The molecule has 0 fully saturated rings. The minimum absolute atomic E-state index is 0.121. The molecule has 1 aromatic carbocycles. The lowest BCUT2D eigenvalue weighted by atomic mass is 9.87. The van der Waals surface area contributed by atoms with Gasteiger partial charge in [0.1, 0.15) is 4.88 Å². The summed E-state index contributed by atoms with van der Waals surface area (Å²) in [6.07, 6.45) is 1.36. The average Bonchev–Trinajstić information content (AvgIpc) is 2.77. The van der Waals surface area contributed by atoms with Crippen LogP contribution in [0.1, 0.15) is 36.0 Å². The normalized spacial score (nSPS) is 11.3. The van der Waals surface area contributed by atoms with E-state index in [1.54, 1.807) is 0 Å². The number of hydrogen-bond acceptors (Lipinski definition) is 4. The van der Waals surface area contributed by atoms with Crippen molar-refractivity contribution < 1.29 is 9.90 Å². The van der Waals surface area contributed by atoms with Gasteiger partial charge >= 0.3 is 5.97 Å². The second-order valence-electron chi connectivity index (χ2n) is 5.29. The Hall–Kier alpha value is -1.88. The molecule has 0 amide bonds. The molecule has 0 unspecified atom stereocenters. The van der Waals surface area contributed by atoms with Crippen LogP contribution < -0.4 is 5.32 Å². The highest BCUT2D eigenvalue weighted by Crippen LogP contribution is 2.26. The molecule has 0 spiro atoms. The van der Waals surface area contributed by atoms with Crippen molar-refractivity contribution in [2.45, 2.75) is 26.2 Å². The van der Waals surface area contributed by atoms with E-state index in [0.717, 1.165) is 17.0 Å². The molecule has 1 heterocycles. The van der Waals surface area contributed by atoms with Crippen molar-refractivity contribution in [1.29, 1.82) is 0 Å². The van der Waals surface area contributed by atoms with Gasteiger partial charge in [0.2, 0.25) is 0 Å². The summed E-state index contributed by atoms with van der Waals surface area (Å²) in [5.74, 6) is -0.950. The van der Waals surface area contributed by atoms with Gasteiger partial charge < -0.3 is 10.4 Å². The van der Waals surface area contributed by atoms with Crippen LogP contribution in [0.25, 0.3) is 0 Å². The summed E-state index contributed by atoms with van der Waals surface area (Å²) in [6, 6.07) is 8.08. The Labute approximate surface area is 116 Å². The first kappa shape index (κ1) is 13.5. The fourth-order valence-electron chi connectivity index (χ4n) is 1.61. The summed E-state index contributed by atoms with van der Waals surface area (Å²) in [6.45, 7) is 6.49. The molecular weight excluding hydrogens is 260 g/mol. The number of benzene rings is 1. The van der Waals surface area contributed by atoms with Gasteiger partial charge in [0.15, 0.2) is 5.13 Å². The molecule has 0 aliphatic rings. The van der Waals surface area contributed by atoms with Crippen molar-refractivity contribution in [3.63, 3.8) is 0 Å². The van der Waals surface area contributed by atoms with Gasteiger partial charge in [0.25, 0.3) is 0 Å². The smallest absolute Gasteiger partial charge is 0.347 e. The van der Waals surface area contributed by atoms with Crippen molar-refractivity contribution in [1.82, 2.24) is 4.98 Å². The van der Waals surface area contributed by atoms with Crippen LogP contribution in [0.5, 0.6) is 0 Å². The Morgan fingerprint density at radius 1 is 1.26 bits per heavy atom. The fraction of sp³-hybridized carbons (Fsp3) is 0.286. The lowest BCUT2D eigenvalue weighted by Crippen LogP contribution is -2.10. The predicted molar refractivity (Wildman–Crippen MR) is 77.5 cm³/mol. The van der Waals surface area contributed by atoms with E-state index < -0.39 is 5.97 Å². The maximum absolute atomic E-state index is 10.8. The number of carboxylic acid groups (broad SMARTS) is 1. The molecule has 2 N–H and O–H groups in total. The van der Waals surface area contributed by atoms with Crippen molar-refractivity contribution in [2.24, 2.45) is 0 Å². The maximum atomic E-state index is 10.8. The molecule has 0 saturated carbocycles. The number of aromatic carboxylic acids is 1. The third kappa shape index (κ3) is 3.32. The van der Waals surface area contributed by atoms with Crippen LogP contribution in [-0.4, -0.2) is 16.1 Å². The van der Waals surface area contributed by atoms with Gasteiger partial charge in [-0.3, -0.25) is 0 Å². The molecule has 2 rings (SSSR count). The van der Waals surface area contributed by atoms with E-state index in [1.165, 1.54) is 11.8 Å². The number of anilines is 2. The van der Waals surface area contributed by atoms with Gasteiger partial charge in [-0.1, -0.05) is 44.2 Å². The van der Waals surface area contributed by atoms with Crippen LogP contribution >= 0.6 is 11.3 Å². The lowest BCUT2D eigenvalue weighted by molar-refractivity contribution is 0.0702. The SMILES string of the molecule is CC(C)(C)c1ccc(Nc2ncc(C(=O)O)s2)cc1. The minimum atomic E-state index is -0.950. The van der Waals surface area contributed by atoms with E-state index in [9.17, 15) is 4.79 Å². The van der Waals surface area contributed by atoms with E-state index in [4.69, 9.17) is 5.11 Å². The number of carboxylic acids is 1. The summed E-state index contributed by atoms with van der Waals surface area (Å²) in [4.78, 5) is 15.0. The highest BCUT2D eigenvalue weighted by Gasteiger charge is 2.13. The predicted octanol–water partition coefficient (Wildman–Crippen LogP) is 3.88. The van der Waals surface area contributed by atoms with E-state index in [0.29, 0.717) is 5.13 Å². The van der Waals surface area contributed by atoms with Crippen LogP contribution in [0.4, 0.5) is 10.8 Å². The molecule has 0 saturated heterocycles. The summed E-state index contributed by atoms with van der Waals surface area (Å²) < 4.78 is 0. The van der Waals surface area contributed by atoms with E-state index in [2.05, 4.69) is 43.2 Å². The molecule has 2 aromatic rings. The molecule has 100 valence electrons. The number of nitrogens with one attached hydrogen (secondary N) is 1. The second kappa shape index (κ2) is 5.01. The monoisotopic (exact) mass is 276 g/mol. The molecule has 0 aliphatic heterocycles. The highest BCUT2D eigenvalue weighted by molar-refractivity contribution is 7.17. The Morgan fingerprint density at radius 3 is 2.37 bits per heavy atom. The van der Waals surface area contributed by atoms with Gasteiger partial charge in [-0.2, -0.15) is 0 Å². The molecule has 0 atom stereocenters. The topological polar surface area (TPSA) is 62.2 Å². The van der Waals surface area contributed by atoms with Crippen molar-refractivity contribution in [3.8, 4) is 0 Å². The second-order valence-corrected chi connectivity index (χ2v) is 6.32. The van der Waals surface area contributed by atoms with Crippen LogP contribution in [0.2, 0.25) is 0 Å². The lowest BCUT2D eigenvalue weighted by Gasteiger charge is -2.19. The van der Waals surface area contributed by atoms with Gasteiger partial charge in [0, 0.05) is 5.69 Å². The van der Waals surface area contributed by atoms with Crippen molar-refractivity contribution >= 4 is 28.1 Å². The molecule has 0 aliphatic carbocycles. The fourth-order valence-corrected chi connectivity index (χ4v) is 2.28. The Kier molecular flexibility index (Phi) is 3.57. The van der Waals surface area contributed by atoms with E-state index >= 15 is 0 Å². The van der Waals surface area contributed by atoms with Gasteiger partial charge in [0.05, 0.1) is 6.20 Å². The van der Waals surface area contributed by atoms with Crippen LogP contribution in [0.3, 0.4) is 0 Å². The zero-order chi connectivity index (χ0) is 14.0. The highest BCUT2D eigenvalue weighted by atomic mass is 32.1. The Morgan fingerprint density at radius 2 is 1.89 bits per heavy atom. The van der Waals surface area contributed by atoms with Gasteiger partial charge in [-0.25, -0.2) is 9.78 Å². The minimum Gasteiger partial charge on any atom is -0.477 e. The molecule has 0 bridgehead atoms. The molecule has 5 heteroatoms. The van der Waals surface area contributed by atoms with Crippen molar-refractivity contribution in [2.75, 3.05) is 5.32 Å². The number of nitrogens with zero attached hydrogens (tertiary/aromatic N) is 1. The number of hydrogen-bond donors (Lipinski definition) is 2. The zero-order valence-electron chi connectivity index (χ0n) is 11.1. The quantitative estimate of drug-likeness (QED) is 0.893. The number of carbonyl (C=O) groups is 1. The molecule has 19 heavy (non-hydrogen) atoms. The summed E-state index contributed by atoms with van der Waals surface area (Å²) in [5, 5.41) is 12.5. The number of thiazole rings is 1. The van der Waals surface area contributed by atoms with E-state index in [-0.39, 0.29) is 10.3 Å². The first-order chi connectivity index (χ1) is 8.86. The molecular formula is C14H16N2O2S. The third-order valence-corrected chi connectivity index (χ3v) is 3.62. The first-order valence-electron chi connectivity index (χ1n) is 5.93.